The number of hydrogen-bond donors (Lipinski definition) is 0. The topological polar surface area (TPSA) is 48.0 Å². The lowest BCUT2D eigenvalue weighted by atomic mass is 9.99. The van der Waals surface area contributed by atoms with Gasteiger partial charge in [0.25, 0.3) is 0 Å². The zero-order chi connectivity index (χ0) is 38.2. The Balaban J connectivity index is 1.00. The second-order valence-corrected chi connectivity index (χ2v) is 14.8. The molecular formula is C53H33N5. The van der Waals surface area contributed by atoms with Crippen molar-refractivity contribution < 1.29 is 0 Å². The van der Waals surface area contributed by atoms with E-state index in [1.807, 2.05) is 60.7 Å². The van der Waals surface area contributed by atoms with Gasteiger partial charge in [0.15, 0.2) is 17.5 Å². The predicted molar refractivity (Wildman–Crippen MR) is 239 cm³/mol. The van der Waals surface area contributed by atoms with Gasteiger partial charge in [0, 0.05) is 54.7 Å². The summed E-state index contributed by atoms with van der Waals surface area (Å²) in [6.45, 7) is 0. The highest BCUT2D eigenvalue weighted by molar-refractivity contribution is 6.31. The first kappa shape index (κ1) is 32.4. The minimum Gasteiger partial charge on any atom is -0.309 e. The van der Waals surface area contributed by atoms with Crippen LogP contribution >= 0.6 is 0 Å². The van der Waals surface area contributed by atoms with E-state index in [4.69, 9.17) is 15.0 Å². The Kier molecular flexibility index (Phi) is 7.16. The van der Waals surface area contributed by atoms with Gasteiger partial charge in [-0.3, -0.25) is 0 Å². The zero-order valence-electron chi connectivity index (χ0n) is 31.3. The summed E-state index contributed by atoms with van der Waals surface area (Å²) in [5, 5.41) is 7.55. The lowest BCUT2D eigenvalue weighted by molar-refractivity contribution is 1.07. The molecule has 5 heteroatoms. The van der Waals surface area contributed by atoms with Crippen molar-refractivity contribution in [1.29, 1.82) is 0 Å². The highest BCUT2D eigenvalue weighted by Gasteiger charge is 2.20. The van der Waals surface area contributed by atoms with Gasteiger partial charge in [0.2, 0.25) is 0 Å². The predicted octanol–water partition coefficient (Wildman–Crippen LogP) is 13.3. The van der Waals surface area contributed by atoms with Crippen LogP contribution in [0.4, 0.5) is 0 Å². The highest BCUT2D eigenvalue weighted by Crippen LogP contribution is 2.43. The second-order valence-electron chi connectivity index (χ2n) is 14.8. The summed E-state index contributed by atoms with van der Waals surface area (Å²) in [5.41, 5.74) is 12.2. The van der Waals surface area contributed by atoms with Gasteiger partial charge in [0.05, 0.1) is 27.6 Å². The van der Waals surface area contributed by atoms with E-state index in [0.29, 0.717) is 17.5 Å². The summed E-state index contributed by atoms with van der Waals surface area (Å²) in [7, 11) is 0. The molecule has 0 aliphatic rings. The number of fused-ring (bicyclic) bond motifs is 12. The minimum atomic E-state index is 0.642. The van der Waals surface area contributed by atoms with Crippen molar-refractivity contribution in [2.24, 2.45) is 0 Å². The molecule has 0 saturated heterocycles. The zero-order valence-corrected chi connectivity index (χ0v) is 31.3. The van der Waals surface area contributed by atoms with Gasteiger partial charge >= 0.3 is 0 Å². The molecule has 0 spiro atoms. The van der Waals surface area contributed by atoms with Gasteiger partial charge in [0.1, 0.15) is 0 Å². The van der Waals surface area contributed by atoms with Crippen molar-refractivity contribution in [1.82, 2.24) is 23.9 Å². The van der Waals surface area contributed by atoms with Crippen LogP contribution in [-0.4, -0.2) is 23.9 Å². The Labute approximate surface area is 333 Å². The summed E-state index contributed by atoms with van der Waals surface area (Å²) in [6, 6.07) is 71.0. The molecule has 5 nitrogen and oxygen atoms in total. The molecule has 0 aliphatic carbocycles. The third kappa shape index (κ3) is 5.00. The fraction of sp³-hybridized carbons (Fsp3) is 0. The van der Waals surface area contributed by atoms with Crippen LogP contribution in [0.15, 0.2) is 200 Å². The average Bonchev–Trinajstić information content (AvgIpc) is 3.86. The molecule has 8 aromatic carbocycles. The molecule has 0 fully saturated rings. The smallest absolute Gasteiger partial charge is 0.164 e. The van der Waals surface area contributed by atoms with E-state index in [1.54, 1.807) is 0 Å². The molecule has 4 aromatic heterocycles. The molecule has 0 radical (unpaired) electrons. The quantitative estimate of drug-likeness (QED) is 0.165. The third-order valence-electron chi connectivity index (χ3n) is 11.5. The lowest BCUT2D eigenvalue weighted by Gasteiger charge is -2.13. The van der Waals surface area contributed by atoms with Gasteiger partial charge in [-0.2, -0.15) is 0 Å². The minimum absolute atomic E-state index is 0.642. The molecule has 12 aromatic rings. The maximum absolute atomic E-state index is 4.95. The van der Waals surface area contributed by atoms with Crippen LogP contribution in [-0.2, 0) is 0 Å². The van der Waals surface area contributed by atoms with E-state index in [1.165, 1.54) is 59.9 Å². The number of nitrogens with zero attached hydrogens (tertiary/aromatic N) is 5. The van der Waals surface area contributed by atoms with Gasteiger partial charge in [-0.05, 0) is 53.6 Å². The molecule has 12 rings (SSSR count). The molecular weight excluding hydrogens is 707 g/mol. The summed E-state index contributed by atoms with van der Waals surface area (Å²) in [6.07, 6.45) is 0. The Hall–Kier alpha value is -7.89. The van der Waals surface area contributed by atoms with Crippen molar-refractivity contribution >= 4 is 59.9 Å². The van der Waals surface area contributed by atoms with Crippen LogP contribution in [0.2, 0.25) is 0 Å². The largest absolute Gasteiger partial charge is 0.309 e. The summed E-state index contributed by atoms with van der Waals surface area (Å²) in [4.78, 5) is 14.8. The fourth-order valence-electron chi connectivity index (χ4n) is 8.90. The van der Waals surface area contributed by atoms with Gasteiger partial charge < -0.3 is 8.97 Å². The molecule has 0 N–H and O–H groups in total. The molecule has 0 bridgehead atoms. The van der Waals surface area contributed by atoms with Crippen LogP contribution < -0.4 is 0 Å². The molecule has 0 atom stereocenters. The van der Waals surface area contributed by atoms with Crippen molar-refractivity contribution in [2.75, 3.05) is 0 Å². The molecule has 58 heavy (non-hydrogen) atoms. The average molecular weight is 740 g/mol. The van der Waals surface area contributed by atoms with Gasteiger partial charge in [-0.25, -0.2) is 15.0 Å². The first-order valence-corrected chi connectivity index (χ1v) is 19.6. The van der Waals surface area contributed by atoms with Crippen LogP contribution in [0.5, 0.6) is 0 Å². The number of para-hydroxylation sites is 3. The number of rotatable bonds is 5. The van der Waals surface area contributed by atoms with Crippen molar-refractivity contribution in [3.05, 3.63) is 200 Å². The SMILES string of the molecule is c1ccc(-c2nc(-c3ccccc3)nc(-c3ccc(-c4cccc(-n5c6ccccc6c6c7c8ccccc8n8c9ccccc9cc8c7ccc65)c4)cc3)n2)cc1. The molecule has 0 aliphatic heterocycles. The molecule has 0 unspecified atom stereocenters. The monoisotopic (exact) mass is 739 g/mol. The Morgan fingerprint density at radius 2 is 0.810 bits per heavy atom. The summed E-state index contributed by atoms with van der Waals surface area (Å²) < 4.78 is 4.86. The second kappa shape index (κ2) is 12.8. The number of aromatic nitrogens is 5. The third-order valence-corrected chi connectivity index (χ3v) is 11.5. The van der Waals surface area contributed by atoms with Crippen LogP contribution in [0.3, 0.4) is 0 Å². The molecule has 4 heterocycles. The summed E-state index contributed by atoms with van der Waals surface area (Å²) >= 11 is 0. The highest BCUT2D eigenvalue weighted by atomic mass is 15.0. The van der Waals surface area contributed by atoms with E-state index < -0.39 is 0 Å². The normalized spacial score (nSPS) is 11.8. The van der Waals surface area contributed by atoms with Crippen LogP contribution in [0.25, 0.3) is 111 Å². The maximum atomic E-state index is 4.95. The van der Waals surface area contributed by atoms with Crippen molar-refractivity contribution in [2.45, 2.75) is 0 Å². The summed E-state index contributed by atoms with van der Waals surface area (Å²) in [5.74, 6) is 1.95. The van der Waals surface area contributed by atoms with Crippen LogP contribution in [0, 0.1) is 0 Å². The van der Waals surface area contributed by atoms with Gasteiger partial charge in [-0.1, -0.05) is 158 Å². The lowest BCUT2D eigenvalue weighted by Crippen LogP contribution is -2.00. The first-order chi connectivity index (χ1) is 28.8. The number of benzene rings is 8. The Morgan fingerprint density at radius 1 is 0.293 bits per heavy atom. The number of pyridine rings is 1. The number of hydrogen-bond acceptors (Lipinski definition) is 3. The maximum Gasteiger partial charge on any atom is 0.164 e. The van der Waals surface area contributed by atoms with E-state index in [2.05, 4.69) is 148 Å². The van der Waals surface area contributed by atoms with E-state index in [-0.39, 0.29) is 0 Å². The fourth-order valence-corrected chi connectivity index (χ4v) is 8.90. The first-order valence-electron chi connectivity index (χ1n) is 19.6. The van der Waals surface area contributed by atoms with Gasteiger partial charge in [-0.15, -0.1) is 0 Å². The van der Waals surface area contributed by atoms with E-state index in [9.17, 15) is 0 Å². The van der Waals surface area contributed by atoms with Crippen LogP contribution in [0.1, 0.15) is 0 Å². The molecule has 270 valence electrons. The Morgan fingerprint density at radius 3 is 1.50 bits per heavy atom. The Bertz CT molecular complexity index is 3490. The van der Waals surface area contributed by atoms with Crippen molar-refractivity contribution in [3.63, 3.8) is 0 Å². The van der Waals surface area contributed by atoms with E-state index in [0.717, 1.165) is 33.5 Å². The standard InChI is InChI=1S/C53H33N5/c1-3-14-35(15-4-1)51-54-52(36-16-5-2-6-17-36)56-53(55-51)37-28-26-34(27-29-37)38-19-13-20-40(32-38)57-45-24-11-9-22-42(45)50-47(57)31-30-43-48-33-39-18-7-10-23-44(39)58(48)46-25-12-8-21-41(46)49(43)50/h1-33H. The van der Waals surface area contributed by atoms with E-state index >= 15 is 0 Å². The molecule has 0 amide bonds. The van der Waals surface area contributed by atoms with Crippen molar-refractivity contribution in [3.8, 4) is 51.0 Å². The molecule has 0 saturated carbocycles.